The number of pyridine rings is 1. The van der Waals surface area contributed by atoms with E-state index in [0.717, 1.165) is 31.2 Å². The number of imidazole rings is 1. The number of rotatable bonds is 10. The lowest BCUT2D eigenvalue weighted by Gasteiger charge is -2.24. The van der Waals surface area contributed by atoms with E-state index in [1.165, 1.54) is 19.6 Å². The van der Waals surface area contributed by atoms with Crippen LogP contribution in [-0.2, 0) is 4.79 Å². The van der Waals surface area contributed by atoms with Gasteiger partial charge in [-0.15, -0.1) is 0 Å². The number of hydrogen-bond donors (Lipinski definition) is 3. The summed E-state index contributed by atoms with van der Waals surface area (Å²) in [5, 5.41) is 27.7. The Balaban J connectivity index is 1.52. The number of carbonyl (C=O) groups excluding carboxylic acids is 1. The number of carbonyl (C=O) groups is 2. The van der Waals surface area contributed by atoms with E-state index in [9.17, 15) is 24.8 Å². The number of nitro groups is 1. The highest BCUT2D eigenvalue weighted by Gasteiger charge is 2.24. The monoisotopic (exact) mass is 571 g/mol. The fourth-order valence-electron chi connectivity index (χ4n) is 5.41. The number of benzene rings is 2. The molecule has 2 aromatic carbocycles. The third-order valence-corrected chi connectivity index (χ3v) is 7.65. The van der Waals surface area contributed by atoms with Crippen LogP contribution in [-0.4, -0.2) is 44.4 Å². The normalized spacial score (nSPS) is 14.3. The number of nitrogens with one attached hydrogen (secondary N) is 2. The molecule has 42 heavy (non-hydrogen) atoms. The maximum Gasteiger partial charge on any atom is 0.311 e. The third-order valence-electron chi connectivity index (χ3n) is 7.65. The average Bonchev–Trinajstić information content (AvgIpc) is 3.34. The molecule has 4 aromatic rings. The highest BCUT2D eigenvalue weighted by Crippen LogP contribution is 2.36. The quantitative estimate of drug-likeness (QED) is 0.157. The molecule has 1 saturated carbocycles. The molecule has 1 fully saturated rings. The number of nitro benzene ring substituents is 1. The molecule has 2 aromatic heterocycles. The summed E-state index contributed by atoms with van der Waals surface area (Å²) in [4.78, 5) is 41.0. The second kappa shape index (κ2) is 12.3. The predicted molar refractivity (Wildman–Crippen MR) is 158 cm³/mol. The number of aromatic nitrogens is 2. The summed E-state index contributed by atoms with van der Waals surface area (Å²) in [6, 6.07) is 14.9. The molecule has 11 heteroatoms. The Morgan fingerprint density at radius 2 is 1.86 bits per heavy atom. The minimum absolute atomic E-state index is 0.151. The highest BCUT2D eigenvalue weighted by molar-refractivity contribution is 5.96. The van der Waals surface area contributed by atoms with E-state index in [0.29, 0.717) is 33.8 Å². The van der Waals surface area contributed by atoms with Crippen molar-refractivity contribution in [1.29, 1.82) is 0 Å². The number of hydrogen-bond acceptors (Lipinski definition) is 7. The largest absolute Gasteiger partial charge is 0.490 e. The molecule has 2 heterocycles. The zero-order chi connectivity index (χ0) is 29.8. The molecule has 0 saturated heterocycles. The first kappa shape index (κ1) is 28.6. The van der Waals surface area contributed by atoms with Crippen LogP contribution in [0.5, 0.6) is 5.75 Å². The van der Waals surface area contributed by atoms with Gasteiger partial charge in [0.25, 0.3) is 5.91 Å². The number of fused-ring (bicyclic) bond motifs is 1. The number of aliphatic carboxylic acids is 1. The smallest absolute Gasteiger partial charge is 0.311 e. The van der Waals surface area contributed by atoms with Crippen molar-refractivity contribution in [3.05, 3.63) is 87.6 Å². The van der Waals surface area contributed by atoms with Gasteiger partial charge in [0.05, 0.1) is 24.5 Å². The van der Waals surface area contributed by atoms with Gasteiger partial charge in [-0.2, -0.15) is 0 Å². The fraction of sp³-hybridized carbons (Fsp3) is 0.323. The number of aryl methyl sites for hydroxylation is 1. The molecule has 1 amide bonds. The molecule has 5 rings (SSSR count). The van der Waals surface area contributed by atoms with Crippen LogP contribution in [0.15, 0.2) is 60.8 Å². The summed E-state index contributed by atoms with van der Waals surface area (Å²) in [5.41, 5.74) is 3.39. The Labute approximate surface area is 242 Å². The van der Waals surface area contributed by atoms with Crippen molar-refractivity contribution in [2.24, 2.45) is 0 Å². The number of carboxylic acids is 1. The first-order valence-corrected chi connectivity index (χ1v) is 13.9. The number of nitrogens with zero attached hydrogens (tertiary/aromatic N) is 3. The third kappa shape index (κ3) is 6.19. The minimum atomic E-state index is -1.03. The number of methoxy groups -OCH3 is 1. The van der Waals surface area contributed by atoms with Gasteiger partial charge in [0, 0.05) is 29.4 Å². The molecule has 218 valence electrons. The zero-order valence-corrected chi connectivity index (χ0v) is 23.5. The lowest BCUT2D eigenvalue weighted by atomic mass is 9.95. The summed E-state index contributed by atoms with van der Waals surface area (Å²) in [6.45, 7) is 1.93. The number of anilines is 1. The van der Waals surface area contributed by atoms with Crippen LogP contribution >= 0.6 is 0 Å². The van der Waals surface area contributed by atoms with Crippen molar-refractivity contribution in [3.8, 4) is 17.0 Å². The summed E-state index contributed by atoms with van der Waals surface area (Å²) in [5.74, 6) is -0.624. The lowest BCUT2D eigenvalue weighted by Crippen LogP contribution is -2.30. The molecular formula is C31H33N5O6. The molecule has 0 spiro atoms. The van der Waals surface area contributed by atoms with E-state index in [4.69, 9.17) is 9.72 Å². The van der Waals surface area contributed by atoms with Crippen molar-refractivity contribution in [3.63, 3.8) is 0 Å². The van der Waals surface area contributed by atoms with Crippen LogP contribution in [0.4, 0.5) is 11.5 Å². The summed E-state index contributed by atoms with van der Waals surface area (Å²) >= 11 is 0. The predicted octanol–water partition coefficient (Wildman–Crippen LogP) is 5.92. The summed E-state index contributed by atoms with van der Waals surface area (Å²) in [7, 11) is 1.38. The molecule has 1 aliphatic rings. The molecule has 0 bridgehead atoms. The van der Waals surface area contributed by atoms with Gasteiger partial charge in [-0.05, 0) is 49.6 Å². The van der Waals surface area contributed by atoms with Gasteiger partial charge >= 0.3 is 11.7 Å². The number of carboxylic acid groups (broad SMARTS) is 1. The summed E-state index contributed by atoms with van der Waals surface area (Å²) < 4.78 is 7.02. The van der Waals surface area contributed by atoms with Crippen molar-refractivity contribution in [1.82, 2.24) is 14.7 Å². The van der Waals surface area contributed by atoms with Crippen molar-refractivity contribution >= 4 is 29.0 Å². The second-order valence-corrected chi connectivity index (χ2v) is 10.6. The Morgan fingerprint density at radius 1 is 1.12 bits per heavy atom. The van der Waals surface area contributed by atoms with Crippen LogP contribution in [0.3, 0.4) is 0 Å². The Hall–Kier alpha value is -4.93. The van der Waals surface area contributed by atoms with E-state index in [1.54, 1.807) is 30.5 Å². The molecular weight excluding hydrogens is 538 g/mol. The van der Waals surface area contributed by atoms with Crippen LogP contribution in [0.1, 0.15) is 66.1 Å². The SMILES string of the molecule is COc1ccc(-c2nc3cc(C(=O)NC(CC(=O)O)c4ccc(C)cc4)ccn3c2NC2CCCCC2)cc1[N+](=O)[O-]. The van der Waals surface area contributed by atoms with Gasteiger partial charge in [-0.1, -0.05) is 49.1 Å². The first-order chi connectivity index (χ1) is 20.2. The van der Waals surface area contributed by atoms with Crippen LogP contribution in [0.25, 0.3) is 16.9 Å². The van der Waals surface area contributed by atoms with Crippen molar-refractivity contribution in [2.75, 3.05) is 12.4 Å². The van der Waals surface area contributed by atoms with Gasteiger partial charge in [-0.3, -0.25) is 24.1 Å². The standard InChI is InChI=1S/C31H33N5O6/c1-19-8-10-20(11-9-19)24(18-28(37)38)33-31(39)22-14-15-35-27(17-22)34-29(30(35)32-23-6-4-3-5-7-23)21-12-13-26(42-2)25(16-21)36(40)41/h8-17,23-24,32H,3-7,18H2,1-2H3,(H,33,39)(H,37,38). The number of ether oxygens (including phenoxy) is 1. The molecule has 3 N–H and O–H groups in total. The van der Waals surface area contributed by atoms with E-state index >= 15 is 0 Å². The summed E-state index contributed by atoms with van der Waals surface area (Å²) in [6.07, 6.45) is 6.88. The second-order valence-electron chi connectivity index (χ2n) is 10.6. The Kier molecular flexibility index (Phi) is 8.37. The topological polar surface area (TPSA) is 148 Å². The van der Waals surface area contributed by atoms with E-state index < -0.39 is 22.8 Å². The molecule has 0 aliphatic heterocycles. The van der Waals surface area contributed by atoms with E-state index in [2.05, 4.69) is 10.6 Å². The minimum Gasteiger partial charge on any atom is -0.490 e. The average molecular weight is 572 g/mol. The van der Waals surface area contributed by atoms with E-state index in [1.807, 2.05) is 35.6 Å². The van der Waals surface area contributed by atoms with Gasteiger partial charge in [-0.25, -0.2) is 4.98 Å². The van der Waals surface area contributed by atoms with Crippen LogP contribution in [0, 0.1) is 17.0 Å². The molecule has 1 unspecified atom stereocenters. The molecule has 1 aliphatic carbocycles. The van der Waals surface area contributed by atoms with Crippen LogP contribution in [0.2, 0.25) is 0 Å². The molecule has 0 radical (unpaired) electrons. The molecule has 1 atom stereocenters. The number of amides is 1. The van der Waals surface area contributed by atoms with Gasteiger partial charge in [0.1, 0.15) is 17.2 Å². The first-order valence-electron chi connectivity index (χ1n) is 13.9. The maximum absolute atomic E-state index is 13.3. The van der Waals surface area contributed by atoms with Crippen molar-refractivity contribution < 1.29 is 24.4 Å². The van der Waals surface area contributed by atoms with Gasteiger partial charge in [0.2, 0.25) is 0 Å². The Morgan fingerprint density at radius 3 is 2.52 bits per heavy atom. The van der Waals surface area contributed by atoms with E-state index in [-0.39, 0.29) is 23.9 Å². The van der Waals surface area contributed by atoms with Crippen molar-refractivity contribution in [2.45, 2.75) is 57.5 Å². The lowest BCUT2D eigenvalue weighted by molar-refractivity contribution is -0.385. The maximum atomic E-state index is 13.3. The van der Waals surface area contributed by atoms with Crippen LogP contribution < -0.4 is 15.4 Å². The van der Waals surface area contributed by atoms with Gasteiger partial charge in [0.15, 0.2) is 5.75 Å². The fourth-order valence-corrected chi connectivity index (χ4v) is 5.41. The zero-order valence-electron chi connectivity index (χ0n) is 23.5. The molecule has 11 nitrogen and oxygen atoms in total. The Bertz CT molecular complexity index is 1630. The van der Waals surface area contributed by atoms with Gasteiger partial charge < -0.3 is 20.5 Å². The highest BCUT2D eigenvalue weighted by atomic mass is 16.6.